The molecule has 1 unspecified atom stereocenters. The van der Waals surface area contributed by atoms with Crippen molar-refractivity contribution in [3.8, 4) is 16.8 Å². The number of nitrogens with zero attached hydrogens (tertiary/aromatic N) is 7. The van der Waals surface area contributed by atoms with Crippen molar-refractivity contribution in [1.82, 2.24) is 34.6 Å². The smallest absolute Gasteiger partial charge is 0.346 e. The fourth-order valence-electron chi connectivity index (χ4n) is 4.70. The lowest BCUT2D eigenvalue weighted by Gasteiger charge is -2.16. The van der Waals surface area contributed by atoms with Crippen molar-refractivity contribution in [2.45, 2.75) is 45.4 Å². The number of hydrogen-bond acceptors (Lipinski definition) is 7. The van der Waals surface area contributed by atoms with E-state index in [9.17, 15) is 14.7 Å². The number of rotatable bonds is 13. The van der Waals surface area contributed by atoms with Crippen LogP contribution in [0.25, 0.3) is 16.8 Å². The number of carbonyl (C=O) groups is 1. The summed E-state index contributed by atoms with van der Waals surface area (Å²) in [5, 5.41) is 25.3. The number of tetrazole rings is 1. The molecule has 5 rings (SSSR count). The second kappa shape index (κ2) is 13.0. The number of unbranched alkanes of at least 4 members (excludes halogenated alkanes) is 1. The normalized spacial score (nSPS) is 11.9. The predicted octanol–water partition coefficient (Wildman–Crippen LogP) is 3.92. The van der Waals surface area contributed by atoms with E-state index in [0.717, 1.165) is 40.8 Å². The van der Waals surface area contributed by atoms with Crippen molar-refractivity contribution in [2.24, 2.45) is 0 Å². The third-order valence-electron chi connectivity index (χ3n) is 6.78. The van der Waals surface area contributed by atoms with E-state index < -0.39 is 18.7 Å². The highest BCUT2D eigenvalue weighted by molar-refractivity contribution is 5.72. The Morgan fingerprint density at radius 1 is 1.00 bits per heavy atom. The van der Waals surface area contributed by atoms with Gasteiger partial charge in [-0.05, 0) is 39.6 Å². The van der Waals surface area contributed by atoms with E-state index in [1.807, 2.05) is 78.9 Å². The molecule has 11 nitrogen and oxygen atoms in total. The van der Waals surface area contributed by atoms with Crippen LogP contribution in [0.5, 0.6) is 0 Å². The third kappa shape index (κ3) is 6.64. The van der Waals surface area contributed by atoms with Crippen LogP contribution in [0, 0.1) is 0 Å². The lowest BCUT2D eigenvalue weighted by atomic mass is 10.0. The SMILES string of the molecule is CCCCc1nn(CC(OCC(=O)O)c2ccccc2)c(=O)n1Cc1ccc(-c2ccccc2-n2cnnn2)cc1. The first kappa shape index (κ1) is 27.7. The van der Waals surface area contributed by atoms with Crippen LogP contribution in [0.2, 0.25) is 0 Å². The number of benzene rings is 3. The van der Waals surface area contributed by atoms with E-state index in [2.05, 4.69) is 27.5 Å². The molecular formula is C30H31N7O4. The molecule has 41 heavy (non-hydrogen) atoms. The highest BCUT2D eigenvalue weighted by Gasteiger charge is 2.20. The summed E-state index contributed by atoms with van der Waals surface area (Å²) in [4.78, 5) is 24.8. The molecule has 0 fully saturated rings. The van der Waals surface area contributed by atoms with Gasteiger partial charge in [-0.3, -0.25) is 4.57 Å². The molecule has 0 aliphatic rings. The molecule has 2 aromatic heterocycles. The molecule has 0 saturated heterocycles. The van der Waals surface area contributed by atoms with Gasteiger partial charge in [-0.2, -0.15) is 9.78 Å². The number of ether oxygens (including phenoxy) is 1. The summed E-state index contributed by atoms with van der Waals surface area (Å²) in [5.41, 5.74) is 4.31. The number of para-hydroxylation sites is 1. The van der Waals surface area contributed by atoms with Gasteiger partial charge in [0.25, 0.3) is 0 Å². The molecule has 5 aromatic rings. The monoisotopic (exact) mass is 553 g/mol. The summed E-state index contributed by atoms with van der Waals surface area (Å²) in [5.74, 6) is -0.383. The fourth-order valence-corrected chi connectivity index (χ4v) is 4.70. The Morgan fingerprint density at radius 3 is 2.46 bits per heavy atom. The third-order valence-corrected chi connectivity index (χ3v) is 6.78. The first-order valence-electron chi connectivity index (χ1n) is 13.5. The second-order valence-electron chi connectivity index (χ2n) is 9.64. The summed E-state index contributed by atoms with van der Waals surface area (Å²) in [7, 11) is 0. The maximum Gasteiger partial charge on any atom is 0.346 e. The molecule has 1 N–H and O–H groups in total. The largest absolute Gasteiger partial charge is 0.480 e. The van der Waals surface area contributed by atoms with Crippen LogP contribution in [0.3, 0.4) is 0 Å². The molecule has 2 heterocycles. The first-order valence-corrected chi connectivity index (χ1v) is 13.5. The van der Waals surface area contributed by atoms with Crippen LogP contribution in [-0.4, -0.2) is 52.2 Å². The van der Waals surface area contributed by atoms with Gasteiger partial charge in [0.1, 0.15) is 24.9 Å². The first-order chi connectivity index (χ1) is 20.0. The van der Waals surface area contributed by atoms with Crippen LogP contribution in [0.15, 0.2) is 90.0 Å². The van der Waals surface area contributed by atoms with E-state index in [1.165, 1.54) is 4.68 Å². The molecule has 0 amide bonds. The van der Waals surface area contributed by atoms with Gasteiger partial charge in [0.2, 0.25) is 0 Å². The minimum Gasteiger partial charge on any atom is -0.480 e. The van der Waals surface area contributed by atoms with Crippen molar-refractivity contribution in [3.05, 3.63) is 113 Å². The number of carboxylic acids is 1. The van der Waals surface area contributed by atoms with Crippen LogP contribution in [0.4, 0.5) is 0 Å². The summed E-state index contributed by atoms with van der Waals surface area (Å²) in [6.45, 7) is 2.09. The van der Waals surface area contributed by atoms with E-state index >= 15 is 0 Å². The Morgan fingerprint density at radius 2 is 1.76 bits per heavy atom. The number of aromatic nitrogens is 7. The van der Waals surface area contributed by atoms with E-state index in [0.29, 0.717) is 18.8 Å². The van der Waals surface area contributed by atoms with Crippen LogP contribution in [-0.2, 0) is 29.0 Å². The lowest BCUT2D eigenvalue weighted by Crippen LogP contribution is -2.29. The zero-order chi connectivity index (χ0) is 28.6. The van der Waals surface area contributed by atoms with Gasteiger partial charge < -0.3 is 9.84 Å². The Kier molecular flexibility index (Phi) is 8.75. The maximum absolute atomic E-state index is 13.6. The van der Waals surface area contributed by atoms with Crippen molar-refractivity contribution in [2.75, 3.05) is 6.61 Å². The Hall–Kier alpha value is -4.90. The van der Waals surface area contributed by atoms with Gasteiger partial charge in [0.05, 0.1) is 18.8 Å². The summed E-state index contributed by atoms with van der Waals surface area (Å²) >= 11 is 0. The fraction of sp³-hybridized carbons (Fsp3) is 0.267. The highest BCUT2D eigenvalue weighted by atomic mass is 16.5. The molecule has 1 atom stereocenters. The standard InChI is InChI=1S/C30H31N7O4/c1-2-3-13-28-32-36(19-27(41-20-29(38)39)24-9-5-4-6-10-24)30(40)35(28)18-22-14-16-23(17-15-22)25-11-7-8-12-26(25)37-21-31-33-34-37/h4-12,14-17,21,27H,2-3,13,18-20H2,1H3,(H,38,39). The molecule has 0 aliphatic heterocycles. The van der Waals surface area contributed by atoms with Gasteiger partial charge in [0, 0.05) is 12.0 Å². The molecule has 210 valence electrons. The zero-order valence-electron chi connectivity index (χ0n) is 22.7. The van der Waals surface area contributed by atoms with Crippen LogP contribution >= 0.6 is 0 Å². The number of hydrogen-bond donors (Lipinski definition) is 1. The number of aryl methyl sites for hydroxylation is 1. The average molecular weight is 554 g/mol. The van der Waals surface area contributed by atoms with Crippen molar-refractivity contribution < 1.29 is 14.6 Å². The van der Waals surface area contributed by atoms with Gasteiger partial charge in [-0.1, -0.05) is 86.1 Å². The van der Waals surface area contributed by atoms with Crippen molar-refractivity contribution in [3.63, 3.8) is 0 Å². The molecule has 0 spiro atoms. The molecular weight excluding hydrogens is 522 g/mol. The molecule has 0 saturated carbocycles. The molecule has 0 aliphatic carbocycles. The Balaban J connectivity index is 1.41. The zero-order valence-corrected chi connectivity index (χ0v) is 22.7. The number of carboxylic acid groups (broad SMARTS) is 1. The lowest BCUT2D eigenvalue weighted by molar-refractivity contribution is -0.144. The van der Waals surface area contributed by atoms with Crippen LogP contribution < -0.4 is 5.69 Å². The van der Waals surface area contributed by atoms with Gasteiger partial charge in [-0.25, -0.2) is 14.3 Å². The summed E-state index contributed by atoms with van der Waals surface area (Å²) in [6, 6.07) is 25.2. The van der Waals surface area contributed by atoms with Crippen molar-refractivity contribution >= 4 is 5.97 Å². The van der Waals surface area contributed by atoms with Crippen molar-refractivity contribution in [1.29, 1.82) is 0 Å². The highest BCUT2D eigenvalue weighted by Crippen LogP contribution is 2.26. The summed E-state index contributed by atoms with van der Waals surface area (Å²) < 4.78 is 10.4. The Labute approximate surface area is 236 Å². The topological polar surface area (TPSA) is 130 Å². The predicted molar refractivity (Wildman–Crippen MR) is 152 cm³/mol. The van der Waals surface area contributed by atoms with Gasteiger partial charge >= 0.3 is 11.7 Å². The molecule has 11 heteroatoms. The minimum atomic E-state index is -1.07. The molecule has 0 radical (unpaired) electrons. The van der Waals surface area contributed by atoms with Crippen LogP contribution in [0.1, 0.15) is 42.8 Å². The quantitative estimate of drug-likeness (QED) is 0.232. The second-order valence-corrected chi connectivity index (χ2v) is 9.64. The van der Waals surface area contributed by atoms with Gasteiger partial charge in [0.15, 0.2) is 0 Å². The van der Waals surface area contributed by atoms with Gasteiger partial charge in [-0.15, -0.1) is 5.10 Å². The molecule has 3 aromatic carbocycles. The van der Waals surface area contributed by atoms with E-state index in [4.69, 9.17) is 4.74 Å². The minimum absolute atomic E-state index is 0.106. The molecule has 0 bridgehead atoms. The summed E-state index contributed by atoms with van der Waals surface area (Å²) in [6.07, 6.45) is 3.44. The van der Waals surface area contributed by atoms with E-state index in [-0.39, 0.29) is 12.2 Å². The van der Waals surface area contributed by atoms with E-state index in [1.54, 1.807) is 15.6 Å². The Bertz CT molecular complexity index is 1630. The maximum atomic E-state index is 13.6. The number of aliphatic carboxylic acids is 1. The average Bonchev–Trinajstić information content (AvgIpc) is 3.64.